The van der Waals surface area contributed by atoms with Crippen molar-refractivity contribution in [2.45, 2.75) is 29.8 Å². The summed E-state index contributed by atoms with van der Waals surface area (Å²) in [6, 6.07) is 18.8. The fourth-order valence-corrected chi connectivity index (χ4v) is 4.44. The summed E-state index contributed by atoms with van der Waals surface area (Å²) >= 11 is 1.98. The number of rotatable bonds is 2. The van der Waals surface area contributed by atoms with Gasteiger partial charge < -0.3 is 5.32 Å². The number of fused-ring (bicyclic) bond motifs is 2. The van der Waals surface area contributed by atoms with Gasteiger partial charge in [-0.25, -0.2) is 0 Å². The molecule has 0 bridgehead atoms. The maximum Gasteiger partial charge on any atom is 0.0428 e. The predicted molar refractivity (Wildman–Crippen MR) is 80.7 cm³/mol. The van der Waals surface area contributed by atoms with Crippen molar-refractivity contribution < 1.29 is 0 Å². The number of nitrogens with one attached hydrogen (secondary N) is 1. The third-order valence-corrected chi connectivity index (χ3v) is 5.37. The Morgan fingerprint density at radius 1 is 0.895 bits per heavy atom. The summed E-state index contributed by atoms with van der Waals surface area (Å²) < 4.78 is 0. The van der Waals surface area contributed by atoms with Gasteiger partial charge in [0.1, 0.15) is 0 Å². The third kappa shape index (κ3) is 2.09. The van der Waals surface area contributed by atoms with E-state index in [4.69, 9.17) is 0 Å². The number of thioether (sulfide) groups is 1. The Bertz CT molecular complexity index is 583. The SMILES string of the molecule is c1ccc2c(c1)CC(NC1CSc3ccccc31)C2. The highest BCUT2D eigenvalue weighted by molar-refractivity contribution is 7.99. The first-order valence-electron chi connectivity index (χ1n) is 6.95. The maximum absolute atomic E-state index is 3.86. The van der Waals surface area contributed by atoms with Crippen LogP contribution in [0.4, 0.5) is 0 Å². The third-order valence-electron chi connectivity index (χ3n) is 4.19. The summed E-state index contributed by atoms with van der Waals surface area (Å²) in [6.45, 7) is 0. The van der Waals surface area contributed by atoms with E-state index in [0.29, 0.717) is 12.1 Å². The Labute approximate surface area is 118 Å². The molecule has 0 radical (unpaired) electrons. The first-order chi connectivity index (χ1) is 9.40. The van der Waals surface area contributed by atoms with E-state index in [1.165, 1.54) is 40.2 Å². The molecule has 0 saturated heterocycles. The number of hydrogen-bond acceptors (Lipinski definition) is 2. The molecule has 0 spiro atoms. The van der Waals surface area contributed by atoms with Gasteiger partial charge in [-0.3, -0.25) is 0 Å². The molecule has 1 aliphatic heterocycles. The predicted octanol–water partition coefficient (Wildman–Crippen LogP) is 3.59. The van der Waals surface area contributed by atoms with Crippen LogP contribution < -0.4 is 5.32 Å². The van der Waals surface area contributed by atoms with Crippen molar-refractivity contribution in [1.29, 1.82) is 0 Å². The largest absolute Gasteiger partial charge is 0.306 e. The van der Waals surface area contributed by atoms with Crippen molar-refractivity contribution in [2.75, 3.05) is 5.75 Å². The highest BCUT2D eigenvalue weighted by Gasteiger charge is 2.28. The summed E-state index contributed by atoms with van der Waals surface area (Å²) in [4.78, 5) is 1.45. The standard InChI is InChI=1S/C17H17NS/c1-2-6-13-10-14(9-12(13)5-1)18-16-11-19-17-8-4-3-7-15(16)17/h1-8,14,16,18H,9-11H2. The van der Waals surface area contributed by atoms with Crippen molar-refractivity contribution in [3.63, 3.8) is 0 Å². The smallest absolute Gasteiger partial charge is 0.0428 e. The molecule has 0 fully saturated rings. The van der Waals surface area contributed by atoms with E-state index in [1.54, 1.807) is 0 Å². The number of hydrogen-bond donors (Lipinski definition) is 1. The molecule has 4 rings (SSSR count). The van der Waals surface area contributed by atoms with Gasteiger partial charge in [0.15, 0.2) is 0 Å². The van der Waals surface area contributed by atoms with Crippen LogP contribution in [0.15, 0.2) is 53.4 Å². The Morgan fingerprint density at radius 3 is 2.37 bits per heavy atom. The van der Waals surface area contributed by atoms with Crippen molar-refractivity contribution in [3.8, 4) is 0 Å². The van der Waals surface area contributed by atoms with Gasteiger partial charge in [-0.15, -0.1) is 11.8 Å². The lowest BCUT2D eigenvalue weighted by molar-refractivity contribution is 0.473. The second-order valence-corrected chi connectivity index (χ2v) is 6.50. The molecular weight excluding hydrogens is 250 g/mol. The van der Waals surface area contributed by atoms with Crippen LogP contribution in [0.5, 0.6) is 0 Å². The topological polar surface area (TPSA) is 12.0 Å². The Hall–Kier alpha value is -1.25. The molecule has 0 amide bonds. The molecule has 1 nitrogen and oxygen atoms in total. The average molecular weight is 267 g/mol. The van der Waals surface area contributed by atoms with Gasteiger partial charge in [-0.1, -0.05) is 42.5 Å². The molecule has 2 heteroatoms. The lowest BCUT2D eigenvalue weighted by atomic mass is 10.1. The molecule has 0 saturated carbocycles. The van der Waals surface area contributed by atoms with Crippen LogP contribution in [-0.4, -0.2) is 11.8 Å². The zero-order valence-corrected chi connectivity index (χ0v) is 11.6. The molecule has 19 heavy (non-hydrogen) atoms. The average Bonchev–Trinajstić information content (AvgIpc) is 3.03. The molecule has 96 valence electrons. The van der Waals surface area contributed by atoms with Crippen molar-refractivity contribution in [1.82, 2.24) is 5.32 Å². The number of benzene rings is 2. The lowest BCUT2D eigenvalue weighted by Gasteiger charge is -2.19. The summed E-state index contributed by atoms with van der Waals surface area (Å²) in [5.74, 6) is 1.17. The fourth-order valence-electron chi connectivity index (χ4n) is 3.26. The second-order valence-electron chi connectivity index (χ2n) is 5.44. The maximum atomic E-state index is 3.86. The van der Waals surface area contributed by atoms with Crippen LogP contribution in [0.2, 0.25) is 0 Å². The summed E-state index contributed by atoms with van der Waals surface area (Å²) in [5.41, 5.74) is 4.54. The van der Waals surface area contributed by atoms with E-state index in [9.17, 15) is 0 Å². The molecule has 2 aromatic rings. The summed E-state index contributed by atoms with van der Waals surface area (Å²) in [6.07, 6.45) is 2.36. The van der Waals surface area contributed by atoms with E-state index >= 15 is 0 Å². The van der Waals surface area contributed by atoms with Crippen LogP contribution >= 0.6 is 11.8 Å². The van der Waals surface area contributed by atoms with Crippen LogP contribution in [0.3, 0.4) is 0 Å². The molecule has 2 aromatic carbocycles. The Balaban J connectivity index is 1.50. The molecular formula is C17H17NS. The highest BCUT2D eigenvalue weighted by atomic mass is 32.2. The van der Waals surface area contributed by atoms with Crippen molar-refractivity contribution in [2.24, 2.45) is 0 Å². The molecule has 1 atom stereocenters. The fraction of sp³-hybridized carbons (Fsp3) is 0.294. The minimum Gasteiger partial charge on any atom is -0.306 e. The first-order valence-corrected chi connectivity index (χ1v) is 7.93. The summed E-state index contributed by atoms with van der Waals surface area (Å²) in [5, 5.41) is 3.86. The van der Waals surface area contributed by atoms with Gasteiger partial charge >= 0.3 is 0 Å². The lowest BCUT2D eigenvalue weighted by Crippen LogP contribution is -2.33. The molecule has 1 unspecified atom stereocenters. The van der Waals surface area contributed by atoms with Gasteiger partial charge in [0, 0.05) is 22.7 Å². The molecule has 0 aromatic heterocycles. The zero-order chi connectivity index (χ0) is 12.7. The first kappa shape index (κ1) is 11.6. The van der Waals surface area contributed by atoms with E-state index in [-0.39, 0.29) is 0 Å². The van der Waals surface area contributed by atoms with Crippen molar-refractivity contribution in [3.05, 3.63) is 65.2 Å². The van der Waals surface area contributed by atoms with Crippen LogP contribution in [0, 0.1) is 0 Å². The van der Waals surface area contributed by atoms with Gasteiger partial charge in [-0.05, 0) is 35.6 Å². The van der Waals surface area contributed by atoms with Gasteiger partial charge in [0.2, 0.25) is 0 Å². The quantitative estimate of drug-likeness (QED) is 0.892. The van der Waals surface area contributed by atoms with Crippen LogP contribution in [-0.2, 0) is 12.8 Å². The zero-order valence-electron chi connectivity index (χ0n) is 10.8. The molecule has 1 aliphatic carbocycles. The van der Waals surface area contributed by atoms with Gasteiger partial charge in [-0.2, -0.15) is 0 Å². The minimum absolute atomic E-state index is 0.528. The van der Waals surface area contributed by atoms with E-state index in [0.717, 1.165) is 0 Å². The molecule has 2 aliphatic rings. The Morgan fingerprint density at radius 2 is 1.58 bits per heavy atom. The second kappa shape index (κ2) is 4.69. The Kier molecular flexibility index (Phi) is 2.86. The van der Waals surface area contributed by atoms with Crippen LogP contribution in [0.1, 0.15) is 22.7 Å². The van der Waals surface area contributed by atoms with Gasteiger partial charge in [0.05, 0.1) is 0 Å². The molecule has 1 N–H and O–H groups in total. The minimum atomic E-state index is 0.528. The van der Waals surface area contributed by atoms with E-state index < -0.39 is 0 Å². The van der Waals surface area contributed by atoms with Gasteiger partial charge in [0.25, 0.3) is 0 Å². The van der Waals surface area contributed by atoms with Crippen molar-refractivity contribution >= 4 is 11.8 Å². The highest BCUT2D eigenvalue weighted by Crippen LogP contribution is 2.38. The van der Waals surface area contributed by atoms with E-state index in [2.05, 4.69) is 53.8 Å². The summed E-state index contributed by atoms with van der Waals surface area (Å²) in [7, 11) is 0. The normalized spacial score (nSPS) is 21.4. The van der Waals surface area contributed by atoms with Crippen LogP contribution in [0.25, 0.3) is 0 Å². The monoisotopic (exact) mass is 267 g/mol. The van der Waals surface area contributed by atoms with E-state index in [1.807, 2.05) is 11.8 Å². The molecule has 1 heterocycles.